The Kier molecular flexibility index (Phi) is 4.00. The van der Waals surface area contributed by atoms with Crippen LogP contribution in [0.1, 0.15) is 26.4 Å². The number of aromatic carboxylic acids is 1. The van der Waals surface area contributed by atoms with Crippen molar-refractivity contribution in [3.63, 3.8) is 0 Å². The average molecular weight is 291 g/mol. The molecule has 0 saturated carbocycles. The van der Waals surface area contributed by atoms with Gasteiger partial charge in [0, 0.05) is 11.9 Å². The van der Waals surface area contributed by atoms with Crippen LogP contribution in [0.25, 0.3) is 0 Å². The standard InChI is InChI=1S/C14H11ClN2O3/c1-8-2-3-10(11(15)6-8)13(18)17-9-4-5-16-12(7-9)14(19)20/h2-7H,1H3,(H,19,20)(H,16,17,18). The molecule has 0 unspecified atom stereocenters. The number of aryl methyl sites for hydroxylation is 1. The Bertz CT molecular complexity index is 686. The van der Waals surface area contributed by atoms with Crippen LogP contribution in [0.3, 0.4) is 0 Å². The second kappa shape index (κ2) is 5.71. The molecule has 0 fully saturated rings. The fraction of sp³-hybridized carbons (Fsp3) is 0.0714. The van der Waals surface area contributed by atoms with Gasteiger partial charge in [-0.3, -0.25) is 4.79 Å². The fourth-order valence-corrected chi connectivity index (χ4v) is 1.95. The molecule has 0 aliphatic heterocycles. The molecule has 0 spiro atoms. The lowest BCUT2D eigenvalue weighted by molar-refractivity contribution is 0.0690. The normalized spacial score (nSPS) is 10.1. The zero-order valence-electron chi connectivity index (χ0n) is 10.6. The van der Waals surface area contributed by atoms with Crippen molar-refractivity contribution in [3.8, 4) is 0 Å². The van der Waals surface area contributed by atoms with E-state index < -0.39 is 11.9 Å². The number of aromatic nitrogens is 1. The lowest BCUT2D eigenvalue weighted by Gasteiger charge is -2.07. The van der Waals surface area contributed by atoms with Crippen molar-refractivity contribution < 1.29 is 14.7 Å². The Balaban J connectivity index is 2.23. The number of benzene rings is 1. The molecule has 1 heterocycles. The van der Waals surface area contributed by atoms with Crippen LogP contribution in [0, 0.1) is 6.92 Å². The number of amides is 1. The number of carbonyl (C=O) groups excluding carboxylic acids is 1. The summed E-state index contributed by atoms with van der Waals surface area (Å²) in [6.07, 6.45) is 1.32. The van der Waals surface area contributed by atoms with Crippen LogP contribution < -0.4 is 5.32 Å². The maximum absolute atomic E-state index is 12.1. The van der Waals surface area contributed by atoms with Gasteiger partial charge in [0.05, 0.1) is 10.6 Å². The molecule has 1 aromatic carbocycles. The Morgan fingerprint density at radius 2 is 2.00 bits per heavy atom. The number of carboxylic acid groups (broad SMARTS) is 1. The first-order chi connectivity index (χ1) is 9.47. The highest BCUT2D eigenvalue weighted by atomic mass is 35.5. The van der Waals surface area contributed by atoms with E-state index in [1.54, 1.807) is 18.2 Å². The first kappa shape index (κ1) is 14.0. The predicted molar refractivity (Wildman–Crippen MR) is 75.3 cm³/mol. The molecule has 6 heteroatoms. The smallest absolute Gasteiger partial charge is 0.354 e. The zero-order valence-corrected chi connectivity index (χ0v) is 11.3. The number of hydrogen-bond donors (Lipinski definition) is 2. The average Bonchev–Trinajstić information content (AvgIpc) is 2.38. The summed E-state index contributed by atoms with van der Waals surface area (Å²) in [5.41, 5.74) is 1.48. The minimum atomic E-state index is -1.16. The molecular formula is C14H11ClN2O3. The zero-order chi connectivity index (χ0) is 14.7. The van der Waals surface area contributed by atoms with Gasteiger partial charge in [0.25, 0.3) is 5.91 Å². The highest BCUT2D eigenvalue weighted by Gasteiger charge is 2.12. The van der Waals surface area contributed by atoms with Gasteiger partial charge in [-0.25, -0.2) is 9.78 Å². The van der Waals surface area contributed by atoms with Crippen LogP contribution in [0.2, 0.25) is 5.02 Å². The van der Waals surface area contributed by atoms with Crippen molar-refractivity contribution in [2.24, 2.45) is 0 Å². The summed E-state index contributed by atoms with van der Waals surface area (Å²) >= 11 is 6.01. The SMILES string of the molecule is Cc1ccc(C(=O)Nc2ccnc(C(=O)O)c2)c(Cl)c1. The lowest BCUT2D eigenvalue weighted by atomic mass is 10.1. The highest BCUT2D eigenvalue weighted by molar-refractivity contribution is 6.34. The lowest BCUT2D eigenvalue weighted by Crippen LogP contribution is -2.13. The number of carboxylic acids is 1. The van der Waals surface area contributed by atoms with Gasteiger partial charge in [0.1, 0.15) is 5.69 Å². The van der Waals surface area contributed by atoms with Crippen molar-refractivity contribution in [1.82, 2.24) is 4.98 Å². The molecule has 2 aromatic rings. The van der Waals surface area contributed by atoms with E-state index in [-0.39, 0.29) is 5.69 Å². The number of pyridine rings is 1. The van der Waals surface area contributed by atoms with E-state index in [4.69, 9.17) is 16.7 Å². The van der Waals surface area contributed by atoms with E-state index in [2.05, 4.69) is 10.3 Å². The van der Waals surface area contributed by atoms with E-state index >= 15 is 0 Å². The molecule has 0 aliphatic carbocycles. The number of nitrogens with zero attached hydrogens (tertiary/aromatic N) is 1. The van der Waals surface area contributed by atoms with E-state index in [0.29, 0.717) is 16.3 Å². The van der Waals surface area contributed by atoms with Crippen LogP contribution in [0.5, 0.6) is 0 Å². The summed E-state index contributed by atoms with van der Waals surface area (Å²) in [5, 5.41) is 11.8. The summed E-state index contributed by atoms with van der Waals surface area (Å²) in [5.74, 6) is -1.56. The summed E-state index contributed by atoms with van der Waals surface area (Å²) in [7, 11) is 0. The van der Waals surface area contributed by atoms with Crippen LogP contribution >= 0.6 is 11.6 Å². The number of rotatable bonds is 3. The molecule has 0 radical (unpaired) electrons. The van der Waals surface area contributed by atoms with E-state index in [0.717, 1.165) is 5.56 Å². The third kappa shape index (κ3) is 3.13. The first-order valence-corrected chi connectivity index (χ1v) is 6.12. The summed E-state index contributed by atoms with van der Waals surface area (Å²) < 4.78 is 0. The maximum atomic E-state index is 12.1. The minimum absolute atomic E-state index is 0.141. The molecule has 1 aromatic heterocycles. The van der Waals surface area contributed by atoms with Gasteiger partial charge in [0.15, 0.2) is 0 Å². The van der Waals surface area contributed by atoms with Crippen molar-refractivity contribution in [1.29, 1.82) is 0 Å². The number of nitrogens with one attached hydrogen (secondary N) is 1. The van der Waals surface area contributed by atoms with Gasteiger partial charge >= 0.3 is 5.97 Å². The molecule has 5 nitrogen and oxygen atoms in total. The molecule has 2 rings (SSSR count). The number of hydrogen-bond acceptors (Lipinski definition) is 3. The van der Waals surface area contributed by atoms with Crippen LogP contribution in [-0.4, -0.2) is 22.0 Å². The van der Waals surface area contributed by atoms with E-state index in [9.17, 15) is 9.59 Å². The number of halogens is 1. The first-order valence-electron chi connectivity index (χ1n) is 5.74. The summed E-state index contributed by atoms with van der Waals surface area (Å²) in [4.78, 5) is 26.5. The van der Waals surface area contributed by atoms with Crippen molar-refractivity contribution in [3.05, 3.63) is 58.4 Å². The molecule has 0 aliphatic rings. The van der Waals surface area contributed by atoms with Crippen LogP contribution in [0.15, 0.2) is 36.5 Å². The molecule has 2 N–H and O–H groups in total. The van der Waals surface area contributed by atoms with Crippen LogP contribution in [-0.2, 0) is 0 Å². The minimum Gasteiger partial charge on any atom is -0.477 e. The molecule has 0 bridgehead atoms. The third-order valence-electron chi connectivity index (χ3n) is 2.61. The van der Waals surface area contributed by atoms with Gasteiger partial charge in [-0.05, 0) is 36.8 Å². The fourth-order valence-electron chi connectivity index (χ4n) is 1.63. The monoisotopic (exact) mass is 290 g/mol. The largest absolute Gasteiger partial charge is 0.477 e. The van der Waals surface area contributed by atoms with Gasteiger partial charge in [-0.1, -0.05) is 17.7 Å². The molecule has 0 saturated heterocycles. The Hall–Kier alpha value is -2.40. The molecule has 20 heavy (non-hydrogen) atoms. The van der Waals surface area contributed by atoms with Crippen molar-refractivity contribution in [2.75, 3.05) is 5.32 Å². The van der Waals surface area contributed by atoms with Gasteiger partial charge in [-0.15, -0.1) is 0 Å². The van der Waals surface area contributed by atoms with Gasteiger partial charge in [0.2, 0.25) is 0 Å². The third-order valence-corrected chi connectivity index (χ3v) is 2.92. The predicted octanol–water partition coefficient (Wildman–Crippen LogP) is 2.99. The molecule has 102 valence electrons. The van der Waals surface area contributed by atoms with E-state index in [1.165, 1.54) is 18.3 Å². The second-order valence-electron chi connectivity index (χ2n) is 4.17. The molecule has 1 amide bonds. The van der Waals surface area contributed by atoms with Crippen molar-refractivity contribution >= 4 is 29.2 Å². The number of anilines is 1. The second-order valence-corrected chi connectivity index (χ2v) is 4.58. The van der Waals surface area contributed by atoms with Crippen molar-refractivity contribution in [2.45, 2.75) is 6.92 Å². The van der Waals surface area contributed by atoms with Gasteiger partial charge in [-0.2, -0.15) is 0 Å². The van der Waals surface area contributed by atoms with Gasteiger partial charge < -0.3 is 10.4 Å². The maximum Gasteiger partial charge on any atom is 0.354 e. The summed E-state index contributed by atoms with van der Waals surface area (Å²) in [6, 6.07) is 7.86. The number of carbonyl (C=O) groups is 2. The summed E-state index contributed by atoms with van der Waals surface area (Å²) in [6.45, 7) is 1.87. The molecule has 0 atom stereocenters. The Morgan fingerprint density at radius 3 is 2.65 bits per heavy atom. The highest BCUT2D eigenvalue weighted by Crippen LogP contribution is 2.19. The molecular weight excluding hydrogens is 280 g/mol. The topological polar surface area (TPSA) is 79.3 Å². The Morgan fingerprint density at radius 1 is 1.25 bits per heavy atom. The quantitative estimate of drug-likeness (QED) is 0.911. The van der Waals surface area contributed by atoms with Crippen LogP contribution in [0.4, 0.5) is 5.69 Å². The Labute approximate surface area is 120 Å². The van der Waals surface area contributed by atoms with E-state index in [1.807, 2.05) is 6.92 Å².